The summed E-state index contributed by atoms with van der Waals surface area (Å²) in [6, 6.07) is 1.43. The Hall–Kier alpha value is -2.81. The van der Waals surface area contributed by atoms with E-state index in [1.165, 1.54) is 0 Å². The molecule has 0 saturated heterocycles. The van der Waals surface area contributed by atoms with Gasteiger partial charge in [-0.1, -0.05) is 22.9 Å². The topological polar surface area (TPSA) is 90.5 Å². The minimum Gasteiger partial charge on any atom is -0.472 e. The van der Waals surface area contributed by atoms with Crippen LogP contribution >= 0.6 is 22.9 Å². The lowest BCUT2D eigenvalue weighted by Gasteiger charge is -2.10. The van der Waals surface area contributed by atoms with Crippen LogP contribution in [0.15, 0.2) is 16.9 Å². The molecule has 0 atom stereocenters. The summed E-state index contributed by atoms with van der Waals surface area (Å²) in [5.74, 6) is -0.884. The second-order valence-electron chi connectivity index (χ2n) is 6.21. The Labute approximate surface area is 183 Å². The summed E-state index contributed by atoms with van der Waals surface area (Å²) >= 11 is 6.02. The first-order valence-corrected chi connectivity index (χ1v) is 9.83. The van der Waals surface area contributed by atoms with Gasteiger partial charge in [-0.2, -0.15) is 31.4 Å². The summed E-state index contributed by atoms with van der Waals surface area (Å²) in [6.07, 6.45) is -9.50. The molecule has 16 heteroatoms. The number of ether oxygens (including phenoxy) is 1. The van der Waals surface area contributed by atoms with Gasteiger partial charge in [0.25, 0.3) is 11.5 Å². The Morgan fingerprint density at radius 3 is 2.53 bits per heavy atom. The summed E-state index contributed by atoms with van der Waals surface area (Å²) in [7, 11) is 0. The maximum absolute atomic E-state index is 13.1. The first-order valence-electron chi connectivity index (χ1n) is 8.64. The number of halogens is 7. The molecule has 0 bridgehead atoms. The van der Waals surface area contributed by atoms with E-state index in [1.54, 1.807) is 6.92 Å². The molecule has 0 aromatic carbocycles. The molecule has 0 spiro atoms. The molecule has 0 fully saturated rings. The van der Waals surface area contributed by atoms with Crippen molar-refractivity contribution in [3.63, 3.8) is 0 Å². The number of hydrogen-bond acceptors (Lipinski definition) is 6. The van der Waals surface area contributed by atoms with Crippen LogP contribution in [-0.4, -0.2) is 44.4 Å². The first-order chi connectivity index (χ1) is 14.8. The number of carbonyl (C=O) groups excluding carboxylic acids is 1. The van der Waals surface area contributed by atoms with E-state index < -0.39 is 58.6 Å². The van der Waals surface area contributed by atoms with Gasteiger partial charge in [0, 0.05) is 18.7 Å². The number of fused-ring (bicyclic) bond motifs is 1. The molecule has 0 aliphatic carbocycles. The van der Waals surface area contributed by atoms with E-state index in [1.807, 2.05) is 0 Å². The van der Waals surface area contributed by atoms with E-state index in [9.17, 15) is 35.9 Å². The Morgan fingerprint density at radius 2 is 1.94 bits per heavy atom. The van der Waals surface area contributed by atoms with E-state index in [4.69, 9.17) is 11.6 Å². The number of rotatable bonds is 6. The van der Waals surface area contributed by atoms with Crippen LogP contribution in [0.4, 0.5) is 26.3 Å². The third-order valence-corrected chi connectivity index (χ3v) is 4.95. The van der Waals surface area contributed by atoms with Crippen molar-refractivity contribution in [2.24, 2.45) is 0 Å². The van der Waals surface area contributed by atoms with Crippen molar-refractivity contribution in [3.05, 3.63) is 44.7 Å². The molecule has 3 aromatic heterocycles. The van der Waals surface area contributed by atoms with Crippen molar-refractivity contribution < 1.29 is 35.9 Å². The van der Waals surface area contributed by atoms with Crippen molar-refractivity contribution in [1.82, 2.24) is 24.5 Å². The van der Waals surface area contributed by atoms with Gasteiger partial charge in [0.1, 0.15) is 5.69 Å². The number of carbonyl (C=O) groups is 1. The monoisotopic (exact) mass is 503 g/mol. The third-order valence-electron chi connectivity index (χ3n) is 3.81. The molecule has 3 rings (SSSR count). The fourth-order valence-electron chi connectivity index (χ4n) is 2.66. The highest BCUT2D eigenvalue weighted by molar-refractivity contribution is 7.19. The van der Waals surface area contributed by atoms with Crippen LogP contribution in [0, 0.1) is 0 Å². The number of hydrogen-bond donors (Lipinski definition) is 1. The summed E-state index contributed by atoms with van der Waals surface area (Å²) < 4.78 is 83.1. The van der Waals surface area contributed by atoms with Crippen molar-refractivity contribution in [3.8, 4) is 5.06 Å². The van der Waals surface area contributed by atoms with E-state index in [0.29, 0.717) is 22.1 Å². The smallest absolute Gasteiger partial charge is 0.433 e. The van der Waals surface area contributed by atoms with Crippen LogP contribution in [-0.2, 0) is 12.7 Å². The molecular weight excluding hydrogens is 492 g/mol. The predicted molar refractivity (Wildman–Crippen MR) is 100 cm³/mol. The van der Waals surface area contributed by atoms with Crippen molar-refractivity contribution in [2.75, 3.05) is 13.2 Å². The minimum absolute atomic E-state index is 0.107. The molecule has 0 saturated carbocycles. The first kappa shape index (κ1) is 23.8. The summed E-state index contributed by atoms with van der Waals surface area (Å²) in [5.41, 5.74) is -2.78. The number of thiazole rings is 1. The van der Waals surface area contributed by atoms with Crippen molar-refractivity contribution >= 4 is 33.8 Å². The number of amides is 1. The van der Waals surface area contributed by atoms with Crippen LogP contribution in [0.5, 0.6) is 5.06 Å². The van der Waals surface area contributed by atoms with Crippen LogP contribution in [0.25, 0.3) is 4.96 Å². The zero-order valence-corrected chi connectivity index (χ0v) is 17.4. The molecule has 0 aliphatic heterocycles. The van der Waals surface area contributed by atoms with Gasteiger partial charge in [-0.05, 0) is 6.92 Å². The maximum atomic E-state index is 13.1. The predicted octanol–water partition coefficient (Wildman–Crippen LogP) is 3.36. The average Bonchev–Trinajstić information content (AvgIpc) is 3.20. The third kappa shape index (κ3) is 5.15. The molecule has 1 N–H and O–H groups in total. The highest BCUT2D eigenvalue weighted by atomic mass is 35.5. The van der Waals surface area contributed by atoms with E-state index in [2.05, 4.69) is 20.1 Å². The Kier molecular flexibility index (Phi) is 6.42. The van der Waals surface area contributed by atoms with E-state index in [-0.39, 0.29) is 17.2 Å². The lowest BCUT2D eigenvalue weighted by atomic mass is 10.3. The molecule has 0 radical (unpaired) electrons. The highest BCUT2D eigenvalue weighted by Crippen LogP contribution is 2.33. The minimum atomic E-state index is -4.79. The zero-order valence-electron chi connectivity index (χ0n) is 15.8. The summed E-state index contributed by atoms with van der Waals surface area (Å²) in [5, 5.41) is 4.91. The molecular formula is C16H12ClF6N5O3S. The number of aromatic nitrogens is 4. The van der Waals surface area contributed by atoms with Gasteiger partial charge in [-0.15, -0.1) is 0 Å². The van der Waals surface area contributed by atoms with Gasteiger partial charge < -0.3 is 10.1 Å². The van der Waals surface area contributed by atoms with Crippen LogP contribution in [0.1, 0.15) is 28.8 Å². The van der Waals surface area contributed by atoms with Crippen molar-refractivity contribution in [2.45, 2.75) is 25.8 Å². The van der Waals surface area contributed by atoms with Gasteiger partial charge in [0.15, 0.2) is 17.5 Å². The molecule has 174 valence electrons. The summed E-state index contributed by atoms with van der Waals surface area (Å²) in [4.78, 5) is 28.7. The lowest BCUT2D eigenvalue weighted by Crippen LogP contribution is -2.29. The molecule has 32 heavy (non-hydrogen) atoms. The Bertz CT molecular complexity index is 1220. The number of alkyl halides is 6. The van der Waals surface area contributed by atoms with Crippen LogP contribution < -0.4 is 15.6 Å². The van der Waals surface area contributed by atoms with Gasteiger partial charge in [-0.25, -0.2) is 9.38 Å². The fourth-order valence-corrected chi connectivity index (χ4v) is 3.85. The number of nitrogens with zero attached hydrogens (tertiary/aromatic N) is 4. The molecule has 3 aromatic rings. The van der Waals surface area contributed by atoms with E-state index in [0.717, 1.165) is 10.5 Å². The van der Waals surface area contributed by atoms with Crippen molar-refractivity contribution in [1.29, 1.82) is 0 Å². The summed E-state index contributed by atoms with van der Waals surface area (Å²) in [6.45, 7) is -0.681. The van der Waals surface area contributed by atoms with E-state index >= 15 is 0 Å². The molecule has 0 aliphatic rings. The molecule has 0 unspecified atom stereocenters. The standard InChI is InChI=1S/C16H12ClF6N5O3S/c1-2-24-12(30)11-13(31-6-15(18,19)20)32-14-25-7(3-10(29)28(11)14)5-27-8(16(21,22)23)4-9(17)26-27/h3-4H,2,5-6H2,1H3,(H,24,30). The van der Waals surface area contributed by atoms with Gasteiger partial charge in [-0.3, -0.25) is 14.3 Å². The van der Waals surface area contributed by atoms with Gasteiger partial charge in [0.2, 0.25) is 10.0 Å². The SMILES string of the molecule is CCNC(=O)c1c(OCC(F)(F)F)sc2nc(Cn3nc(Cl)cc3C(F)(F)F)cc(=O)n12. The number of nitrogens with one attached hydrogen (secondary N) is 1. The Balaban J connectivity index is 2.08. The Morgan fingerprint density at radius 1 is 1.25 bits per heavy atom. The lowest BCUT2D eigenvalue weighted by molar-refractivity contribution is -0.153. The highest BCUT2D eigenvalue weighted by Gasteiger charge is 2.36. The second-order valence-corrected chi connectivity index (χ2v) is 7.54. The molecule has 1 amide bonds. The van der Waals surface area contributed by atoms with Gasteiger partial charge >= 0.3 is 12.4 Å². The average molecular weight is 504 g/mol. The van der Waals surface area contributed by atoms with Crippen LogP contribution in [0.3, 0.4) is 0 Å². The zero-order chi connectivity index (χ0) is 23.8. The quantitative estimate of drug-likeness (QED) is 0.521. The largest absolute Gasteiger partial charge is 0.472 e. The maximum Gasteiger partial charge on any atom is 0.433 e. The molecule has 8 nitrogen and oxygen atoms in total. The van der Waals surface area contributed by atoms with Gasteiger partial charge in [0.05, 0.1) is 12.2 Å². The second kappa shape index (κ2) is 8.61. The normalized spacial score (nSPS) is 12.4. The molecule has 3 heterocycles. The fraction of sp³-hybridized carbons (Fsp3) is 0.375. The van der Waals surface area contributed by atoms with Crippen LogP contribution in [0.2, 0.25) is 5.15 Å².